The maximum absolute atomic E-state index is 12.0. The number of carbonyl (C=O) groups is 1. The molecule has 6 heteroatoms. The predicted molar refractivity (Wildman–Crippen MR) is 77.9 cm³/mol. The lowest BCUT2D eigenvalue weighted by Gasteiger charge is -2.18. The van der Waals surface area contributed by atoms with Crippen molar-refractivity contribution in [3.8, 4) is 0 Å². The summed E-state index contributed by atoms with van der Waals surface area (Å²) in [6.45, 7) is 6.54. The van der Waals surface area contributed by atoms with E-state index in [2.05, 4.69) is 29.3 Å². The van der Waals surface area contributed by atoms with Gasteiger partial charge in [0.05, 0.1) is 0 Å². The van der Waals surface area contributed by atoms with Crippen LogP contribution >= 0.6 is 0 Å². The van der Waals surface area contributed by atoms with E-state index in [-0.39, 0.29) is 6.03 Å². The van der Waals surface area contributed by atoms with E-state index in [1.165, 1.54) is 12.8 Å². The number of hydrogen-bond donors (Lipinski definition) is 1. The average molecular weight is 292 g/mol. The Morgan fingerprint density at radius 1 is 1.43 bits per heavy atom. The summed E-state index contributed by atoms with van der Waals surface area (Å²) in [4.78, 5) is 18.4. The van der Waals surface area contributed by atoms with E-state index in [9.17, 15) is 4.79 Å². The lowest BCUT2D eigenvalue weighted by atomic mass is 10.1. The van der Waals surface area contributed by atoms with E-state index < -0.39 is 0 Å². The number of amides is 2. The molecule has 2 amide bonds. The van der Waals surface area contributed by atoms with Crippen LogP contribution < -0.4 is 5.32 Å². The summed E-state index contributed by atoms with van der Waals surface area (Å²) in [7, 11) is 0. The molecular weight excluding hydrogens is 268 g/mol. The van der Waals surface area contributed by atoms with Crippen LogP contribution in [0.4, 0.5) is 4.79 Å². The number of likely N-dealkylation sites (tertiary alicyclic amines) is 1. The topological polar surface area (TPSA) is 71.3 Å². The minimum Gasteiger partial charge on any atom is -0.339 e. The summed E-state index contributed by atoms with van der Waals surface area (Å²) < 4.78 is 5.28. The van der Waals surface area contributed by atoms with Gasteiger partial charge in [-0.15, -0.1) is 0 Å². The van der Waals surface area contributed by atoms with Gasteiger partial charge in [-0.2, -0.15) is 4.98 Å². The molecule has 0 spiro atoms. The van der Waals surface area contributed by atoms with Crippen LogP contribution in [0, 0.1) is 11.8 Å². The van der Waals surface area contributed by atoms with Crippen LogP contribution in [0.2, 0.25) is 0 Å². The first kappa shape index (κ1) is 14.4. The standard InChI is InChI=1S/C15H24N4O2/c1-10(2)8-16-15(20)19-6-5-11(9-19)7-13-17-14(21-18-13)12-3-4-12/h10-12H,3-9H2,1-2H3,(H,16,20). The average Bonchev–Trinajstić information content (AvgIpc) is 3.02. The molecule has 1 saturated heterocycles. The normalized spacial score (nSPS) is 22.0. The molecule has 2 fully saturated rings. The largest absolute Gasteiger partial charge is 0.339 e. The van der Waals surface area contributed by atoms with Gasteiger partial charge in [-0.05, 0) is 31.1 Å². The van der Waals surface area contributed by atoms with Crippen molar-refractivity contribution in [3.05, 3.63) is 11.7 Å². The van der Waals surface area contributed by atoms with Gasteiger partial charge in [-0.25, -0.2) is 4.79 Å². The summed E-state index contributed by atoms with van der Waals surface area (Å²) >= 11 is 0. The molecule has 0 bridgehead atoms. The molecule has 2 aliphatic rings. The SMILES string of the molecule is CC(C)CNC(=O)N1CCC(Cc2noc(C3CC3)n2)C1. The fourth-order valence-corrected chi connectivity index (χ4v) is 2.69. The number of hydrogen-bond acceptors (Lipinski definition) is 4. The third-order valence-electron chi connectivity index (χ3n) is 4.12. The zero-order valence-corrected chi connectivity index (χ0v) is 12.8. The molecule has 1 aliphatic carbocycles. The zero-order chi connectivity index (χ0) is 14.8. The number of aromatic nitrogens is 2. The van der Waals surface area contributed by atoms with Crippen molar-refractivity contribution < 1.29 is 9.32 Å². The molecule has 2 heterocycles. The van der Waals surface area contributed by atoms with Gasteiger partial charge >= 0.3 is 6.03 Å². The molecule has 1 unspecified atom stereocenters. The fourth-order valence-electron chi connectivity index (χ4n) is 2.69. The zero-order valence-electron chi connectivity index (χ0n) is 12.8. The highest BCUT2D eigenvalue weighted by Crippen LogP contribution is 2.39. The maximum Gasteiger partial charge on any atom is 0.317 e. The van der Waals surface area contributed by atoms with Crippen LogP contribution in [0.3, 0.4) is 0 Å². The number of carbonyl (C=O) groups excluding carboxylic acids is 1. The first-order valence-electron chi connectivity index (χ1n) is 7.97. The van der Waals surface area contributed by atoms with Gasteiger partial charge in [0.15, 0.2) is 5.82 Å². The molecule has 1 aromatic heterocycles. The highest BCUT2D eigenvalue weighted by atomic mass is 16.5. The van der Waals surface area contributed by atoms with Gasteiger partial charge in [0.2, 0.25) is 5.89 Å². The Kier molecular flexibility index (Phi) is 4.12. The summed E-state index contributed by atoms with van der Waals surface area (Å²) in [5.74, 6) is 3.03. The summed E-state index contributed by atoms with van der Waals surface area (Å²) in [6, 6.07) is 0.0537. The smallest absolute Gasteiger partial charge is 0.317 e. The summed E-state index contributed by atoms with van der Waals surface area (Å²) in [6.07, 6.45) is 4.18. The van der Waals surface area contributed by atoms with Crippen molar-refractivity contribution in [1.82, 2.24) is 20.4 Å². The first-order chi connectivity index (χ1) is 10.1. The van der Waals surface area contributed by atoms with E-state index in [0.717, 1.165) is 44.2 Å². The van der Waals surface area contributed by atoms with Crippen LogP contribution in [-0.2, 0) is 6.42 Å². The van der Waals surface area contributed by atoms with Crippen LogP contribution in [0.15, 0.2) is 4.52 Å². The van der Waals surface area contributed by atoms with Crippen LogP contribution in [0.1, 0.15) is 50.7 Å². The second-order valence-corrected chi connectivity index (χ2v) is 6.71. The molecule has 21 heavy (non-hydrogen) atoms. The second-order valence-electron chi connectivity index (χ2n) is 6.71. The Labute approximate surface area is 125 Å². The van der Waals surface area contributed by atoms with E-state index in [4.69, 9.17) is 4.52 Å². The highest BCUT2D eigenvalue weighted by molar-refractivity contribution is 5.74. The predicted octanol–water partition coefficient (Wildman–Crippen LogP) is 2.18. The molecule has 6 nitrogen and oxygen atoms in total. The molecule has 0 radical (unpaired) electrons. The summed E-state index contributed by atoms with van der Waals surface area (Å²) in [5.41, 5.74) is 0. The number of nitrogens with zero attached hydrogens (tertiary/aromatic N) is 3. The van der Waals surface area contributed by atoms with Crippen molar-refractivity contribution in [2.75, 3.05) is 19.6 Å². The quantitative estimate of drug-likeness (QED) is 0.903. The van der Waals surface area contributed by atoms with E-state index in [1.54, 1.807) is 0 Å². The van der Waals surface area contributed by atoms with Crippen molar-refractivity contribution in [3.63, 3.8) is 0 Å². The fraction of sp³-hybridized carbons (Fsp3) is 0.800. The molecule has 0 aromatic carbocycles. The molecule has 3 rings (SSSR count). The van der Waals surface area contributed by atoms with Crippen molar-refractivity contribution in [1.29, 1.82) is 0 Å². The molecule has 1 saturated carbocycles. The lowest BCUT2D eigenvalue weighted by molar-refractivity contribution is 0.205. The molecule has 1 aromatic rings. The van der Waals surface area contributed by atoms with Gasteiger partial charge in [0.25, 0.3) is 0 Å². The number of urea groups is 1. The Morgan fingerprint density at radius 2 is 2.24 bits per heavy atom. The number of nitrogens with one attached hydrogen (secondary N) is 1. The van der Waals surface area contributed by atoms with E-state index in [0.29, 0.717) is 17.8 Å². The minimum absolute atomic E-state index is 0.0537. The Morgan fingerprint density at radius 3 is 2.95 bits per heavy atom. The highest BCUT2D eigenvalue weighted by Gasteiger charge is 2.31. The molecule has 1 atom stereocenters. The van der Waals surface area contributed by atoms with E-state index in [1.807, 2.05) is 4.90 Å². The van der Waals surface area contributed by atoms with Crippen LogP contribution in [0.5, 0.6) is 0 Å². The van der Waals surface area contributed by atoms with Crippen molar-refractivity contribution in [2.45, 2.75) is 45.4 Å². The Hall–Kier alpha value is -1.59. The van der Waals surface area contributed by atoms with Gasteiger partial charge in [-0.1, -0.05) is 19.0 Å². The minimum atomic E-state index is 0.0537. The van der Waals surface area contributed by atoms with E-state index >= 15 is 0 Å². The van der Waals surface area contributed by atoms with Crippen molar-refractivity contribution in [2.24, 2.45) is 11.8 Å². The second kappa shape index (κ2) is 6.03. The third kappa shape index (κ3) is 3.74. The monoisotopic (exact) mass is 292 g/mol. The molecule has 1 aliphatic heterocycles. The van der Waals surface area contributed by atoms with Gasteiger partial charge in [-0.3, -0.25) is 0 Å². The van der Waals surface area contributed by atoms with Gasteiger partial charge in [0.1, 0.15) is 0 Å². The molecule has 1 N–H and O–H groups in total. The van der Waals surface area contributed by atoms with Gasteiger partial charge in [0, 0.05) is 32.0 Å². The number of rotatable bonds is 5. The Bertz CT molecular complexity index is 496. The lowest BCUT2D eigenvalue weighted by Crippen LogP contribution is -2.40. The van der Waals surface area contributed by atoms with Gasteiger partial charge < -0.3 is 14.7 Å². The first-order valence-corrected chi connectivity index (χ1v) is 7.97. The third-order valence-corrected chi connectivity index (χ3v) is 4.12. The molecule has 116 valence electrons. The van der Waals surface area contributed by atoms with Crippen LogP contribution in [-0.4, -0.2) is 40.7 Å². The van der Waals surface area contributed by atoms with Crippen LogP contribution in [0.25, 0.3) is 0 Å². The summed E-state index contributed by atoms with van der Waals surface area (Å²) in [5, 5.41) is 7.04. The Balaban J connectivity index is 1.46. The maximum atomic E-state index is 12.0. The molecular formula is C15H24N4O2. The van der Waals surface area contributed by atoms with Crippen molar-refractivity contribution >= 4 is 6.03 Å².